The third kappa shape index (κ3) is 4.86. The Morgan fingerprint density at radius 3 is 2.73 bits per heavy atom. The molecule has 0 radical (unpaired) electrons. The van der Waals surface area contributed by atoms with Crippen LogP contribution in [0.2, 0.25) is 5.02 Å². The summed E-state index contributed by atoms with van der Waals surface area (Å²) in [4.78, 5) is 17.0. The maximum atomic E-state index is 12.7. The fourth-order valence-electron chi connectivity index (χ4n) is 7.58. The average molecular weight is 561 g/mol. The molecule has 3 N–H and O–H groups in total. The molecule has 3 aliphatic carbocycles. The SMILES string of the molecule is C[C@@H](COc1ccnc2c1CCC2O)C[C@H]1Cc2ccccc2C12CCC(Nc1cccc(Cl)c1)(C(=O)O)CC2. The summed E-state index contributed by atoms with van der Waals surface area (Å²) in [6.07, 6.45) is 7.48. The van der Waals surface area contributed by atoms with E-state index in [0.717, 1.165) is 54.8 Å². The van der Waals surface area contributed by atoms with E-state index in [1.54, 1.807) is 18.3 Å². The molecule has 1 heterocycles. The Bertz CT molecular complexity index is 1400. The van der Waals surface area contributed by atoms with Crippen molar-refractivity contribution in [3.8, 4) is 5.75 Å². The van der Waals surface area contributed by atoms with Crippen molar-refractivity contribution in [2.24, 2.45) is 11.8 Å². The molecule has 40 heavy (non-hydrogen) atoms. The summed E-state index contributed by atoms with van der Waals surface area (Å²) in [6, 6.07) is 18.0. The molecule has 1 fully saturated rings. The van der Waals surface area contributed by atoms with Crippen LogP contribution in [0.5, 0.6) is 5.75 Å². The summed E-state index contributed by atoms with van der Waals surface area (Å²) < 4.78 is 6.31. The molecule has 1 unspecified atom stereocenters. The Balaban J connectivity index is 1.19. The highest BCUT2D eigenvalue weighted by Gasteiger charge is 2.54. The molecule has 3 atom stereocenters. The maximum absolute atomic E-state index is 12.7. The van der Waals surface area contributed by atoms with Crippen LogP contribution in [-0.2, 0) is 23.1 Å². The molecule has 6 rings (SSSR count). The van der Waals surface area contributed by atoms with Crippen molar-refractivity contribution in [2.45, 2.75) is 75.3 Å². The lowest BCUT2D eigenvalue weighted by molar-refractivity contribution is -0.144. The number of nitrogens with zero attached hydrogens (tertiary/aromatic N) is 1. The van der Waals surface area contributed by atoms with Crippen molar-refractivity contribution in [1.82, 2.24) is 4.98 Å². The van der Waals surface area contributed by atoms with Crippen LogP contribution in [0.15, 0.2) is 60.8 Å². The number of fused-ring (bicyclic) bond motifs is 3. The van der Waals surface area contributed by atoms with Gasteiger partial charge in [0.05, 0.1) is 18.4 Å². The van der Waals surface area contributed by atoms with Crippen molar-refractivity contribution in [1.29, 1.82) is 0 Å². The van der Waals surface area contributed by atoms with Gasteiger partial charge in [0.25, 0.3) is 0 Å². The van der Waals surface area contributed by atoms with Crippen LogP contribution >= 0.6 is 11.6 Å². The number of aliphatic hydroxyl groups excluding tert-OH is 1. The zero-order chi connectivity index (χ0) is 27.9. The van der Waals surface area contributed by atoms with Crippen LogP contribution in [0.25, 0.3) is 0 Å². The molecule has 0 saturated heterocycles. The zero-order valence-corrected chi connectivity index (χ0v) is 23.7. The van der Waals surface area contributed by atoms with Gasteiger partial charge in [0.1, 0.15) is 11.3 Å². The van der Waals surface area contributed by atoms with Gasteiger partial charge < -0.3 is 20.3 Å². The first-order valence-corrected chi connectivity index (χ1v) is 14.8. The standard InChI is InChI=1S/C33H37ClN2O4/c1-21(20-40-29-11-16-35-30-26(29)9-10-28(30)37)17-23-18-22-5-2-3-8-27(22)32(23)12-14-33(15-13-32,31(38)39)36-25-7-4-6-24(34)19-25/h2-8,11,16,19,21,23,28,36-37H,9-10,12-15,17-18,20H2,1H3,(H,38,39)/t21-,23+,28?,32?,33?/m1/s1. The summed E-state index contributed by atoms with van der Waals surface area (Å²) in [5.74, 6) is 0.782. The molecular formula is C33H37ClN2O4. The van der Waals surface area contributed by atoms with E-state index in [4.69, 9.17) is 16.3 Å². The van der Waals surface area contributed by atoms with Gasteiger partial charge in [-0.15, -0.1) is 0 Å². The van der Waals surface area contributed by atoms with Gasteiger partial charge in [0.15, 0.2) is 0 Å². The number of hydrogen-bond donors (Lipinski definition) is 3. The summed E-state index contributed by atoms with van der Waals surface area (Å²) in [5.41, 5.74) is 4.28. The number of halogens is 1. The number of benzene rings is 2. The third-order valence-corrected chi connectivity index (χ3v) is 9.89. The van der Waals surface area contributed by atoms with Gasteiger partial charge >= 0.3 is 5.97 Å². The van der Waals surface area contributed by atoms with Crippen LogP contribution in [0.1, 0.15) is 73.9 Å². The number of aliphatic hydroxyl groups is 1. The van der Waals surface area contributed by atoms with Crippen molar-refractivity contribution >= 4 is 23.3 Å². The lowest BCUT2D eigenvalue weighted by atomic mass is 9.59. The maximum Gasteiger partial charge on any atom is 0.329 e. The Labute approximate surface area is 240 Å². The number of hydrogen-bond acceptors (Lipinski definition) is 5. The van der Waals surface area contributed by atoms with Crippen LogP contribution in [0.3, 0.4) is 0 Å². The van der Waals surface area contributed by atoms with Crippen LogP contribution in [0, 0.1) is 11.8 Å². The number of carbonyl (C=O) groups is 1. The van der Waals surface area contributed by atoms with E-state index in [1.807, 2.05) is 18.2 Å². The Hall–Kier alpha value is -3.09. The normalized spacial score (nSPS) is 27.7. The van der Waals surface area contributed by atoms with E-state index < -0.39 is 17.6 Å². The molecule has 0 amide bonds. The first-order valence-electron chi connectivity index (χ1n) is 14.4. The molecule has 1 saturated carbocycles. The molecule has 7 heteroatoms. The minimum Gasteiger partial charge on any atom is -0.493 e. The minimum absolute atomic E-state index is 0.0398. The quantitative estimate of drug-likeness (QED) is 0.282. The number of nitrogens with one attached hydrogen (secondary N) is 1. The van der Waals surface area contributed by atoms with Gasteiger partial charge in [0.2, 0.25) is 0 Å². The summed E-state index contributed by atoms with van der Waals surface area (Å²) >= 11 is 6.20. The van der Waals surface area contributed by atoms with Gasteiger partial charge in [-0.3, -0.25) is 4.98 Å². The van der Waals surface area contributed by atoms with Crippen LogP contribution in [-0.4, -0.2) is 33.3 Å². The van der Waals surface area contributed by atoms with Crippen molar-refractivity contribution in [2.75, 3.05) is 11.9 Å². The highest BCUT2D eigenvalue weighted by molar-refractivity contribution is 6.30. The number of aromatic nitrogens is 1. The second-order valence-electron chi connectivity index (χ2n) is 12.1. The van der Waals surface area contributed by atoms with E-state index in [9.17, 15) is 15.0 Å². The van der Waals surface area contributed by atoms with E-state index in [-0.39, 0.29) is 5.41 Å². The van der Waals surface area contributed by atoms with Gasteiger partial charge in [-0.25, -0.2) is 4.79 Å². The first-order chi connectivity index (χ1) is 19.3. The molecule has 1 aromatic heterocycles. The molecule has 0 aliphatic heterocycles. The Morgan fingerprint density at radius 1 is 1.15 bits per heavy atom. The molecule has 210 valence electrons. The van der Waals surface area contributed by atoms with E-state index in [1.165, 1.54) is 11.1 Å². The number of carboxylic acid groups (broad SMARTS) is 1. The smallest absolute Gasteiger partial charge is 0.329 e. The van der Waals surface area contributed by atoms with Crippen molar-refractivity contribution in [3.63, 3.8) is 0 Å². The van der Waals surface area contributed by atoms with Gasteiger partial charge in [-0.1, -0.05) is 48.9 Å². The second kappa shape index (κ2) is 10.7. The fraction of sp³-hybridized carbons (Fsp3) is 0.455. The van der Waals surface area contributed by atoms with E-state index >= 15 is 0 Å². The molecule has 1 spiro atoms. The topological polar surface area (TPSA) is 91.7 Å². The summed E-state index contributed by atoms with van der Waals surface area (Å²) in [7, 11) is 0. The number of pyridine rings is 1. The van der Waals surface area contributed by atoms with E-state index in [2.05, 4.69) is 41.5 Å². The van der Waals surface area contributed by atoms with Crippen LogP contribution in [0.4, 0.5) is 5.69 Å². The lowest BCUT2D eigenvalue weighted by Crippen LogP contribution is -2.53. The average Bonchev–Trinajstić information content (AvgIpc) is 3.47. The fourth-order valence-corrected chi connectivity index (χ4v) is 7.77. The molecule has 3 aromatic rings. The molecule has 6 nitrogen and oxygen atoms in total. The van der Waals surface area contributed by atoms with Crippen molar-refractivity contribution < 1.29 is 19.7 Å². The predicted octanol–water partition coefficient (Wildman–Crippen LogP) is 6.74. The lowest BCUT2D eigenvalue weighted by Gasteiger charge is -2.47. The van der Waals surface area contributed by atoms with Crippen LogP contribution < -0.4 is 10.1 Å². The monoisotopic (exact) mass is 560 g/mol. The summed E-state index contributed by atoms with van der Waals surface area (Å²) in [6.45, 7) is 2.85. The number of aliphatic carboxylic acids is 1. The highest BCUT2D eigenvalue weighted by Crippen LogP contribution is 2.56. The highest BCUT2D eigenvalue weighted by atomic mass is 35.5. The number of carboxylic acids is 1. The summed E-state index contributed by atoms with van der Waals surface area (Å²) in [5, 5.41) is 24.5. The van der Waals surface area contributed by atoms with Gasteiger partial charge in [-0.05, 0) is 104 Å². The third-order valence-electron chi connectivity index (χ3n) is 9.65. The molecule has 3 aliphatic rings. The van der Waals surface area contributed by atoms with Crippen molar-refractivity contribution in [3.05, 3.63) is 88.2 Å². The molecule has 2 aromatic carbocycles. The van der Waals surface area contributed by atoms with E-state index in [0.29, 0.717) is 42.7 Å². The van der Waals surface area contributed by atoms with Gasteiger partial charge in [-0.2, -0.15) is 0 Å². The zero-order valence-electron chi connectivity index (χ0n) is 22.9. The first kappa shape index (κ1) is 27.1. The Morgan fingerprint density at radius 2 is 1.95 bits per heavy atom. The van der Waals surface area contributed by atoms with Gasteiger partial charge in [0, 0.05) is 22.5 Å². The largest absolute Gasteiger partial charge is 0.493 e. The minimum atomic E-state index is -1.01. The predicted molar refractivity (Wildman–Crippen MR) is 156 cm³/mol. The molecule has 0 bridgehead atoms. The second-order valence-corrected chi connectivity index (χ2v) is 12.6. The Kier molecular flexibility index (Phi) is 7.26. The number of rotatable bonds is 8. The molecular weight excluding hydrogens is 524 g/mol. The number of anilines is 1. The number of ether oxygens (including phenoxy) is 1.